The summed E-state index contributed by atoms with van der Waals surface area (Å²) in [4.78, 5) is 19.6. The molecule has 1 aromatic carbocycles. The Morgan fingerprint density at radius 2 is 2.12 bits per heavy atom. The molecule has 0 atom stereocenters. The van der Waals surface area contributed by atoms with E-state index in [1.54, 1.807) is 12.1 Å². The van der Waals surface area contributed by atoms with Crippen molar-refractivity contribution in [1.82, 2.24) is 14.9 Å². The number of fused-ring (bicyclic) bond motifs is 1. The Morgan fingerprint density at radius 3 is 2.85 bits per heavy atom. The fourth-order valence-corrected chi connectivity index (χ4v) is 2.73. The van der Waals surface area contributed by atoms with Crippen LogP contribution >= 0.6 is 11.6 Å². The van der Waals surface area contributed by atoms with Gasteiger partial charge in [0, 0.05) is 40.4 Å². The van der Waals surface area contributed by atoms with Crippen molar-refractivity contribution < 1.29 is 0 Å². The normalized spacial score (nSPS) is 12.0. The average Bonchev–Trinajstić information content (AvgIpc) is 3.14. The Labute approximate surface area is 156 Å². The number of nitrogens with one attached hydrogen (secondary N) is 2. The van der Waals surface area contributed by atoms with Gasteiger partial charge in [-0.15, -0.1) is 0 Å². The molecule has 0 radical (unpaired) electrons. The van der Waals surface area contributed by atoms with Crippen LogP contribution in [0.15, 0.2) is 83.1 Å². The van der Waals surface area contributed by atoms with Gasteiger partial charge in [0.2, 0.25) is 0 Å². The first-order valence-corrected chi connectivity index (χ1v) is 8.53. The van der Waals surface area contributed by atoms with Crippen molar-refractivity contribution in [1.29, 1.82) is 0 Å². The van der Waals surface area contributed by atoms with Gasteiger partial charge in [-0.05, 0) is 49.4 Å². The number of nitrogens with zero attached hydrogens (tertiary/aromatic N) is 2. The maximum Gasteiger partial charge on any atom is 0.253 e. The predicted octanol–water partition coefficient (Wildman–Crippen LogP) is 4.07. The first-order valence-electron chi connectivity index (χ1n) is 8.16. The van der Waals surface area contributed by atoms with Crippen LogP contribution < -0.4 is 10.9 Å². The molecule has 0 bridgehead atoms. The largest absolute Gasteiger partial charge is 0.366 e. The first-order chi connectivity index (χ1) is 12.6. The highest BCUT2D eigenvalue weighted by Crippen LogP contribution is 2.17. The Hall–Kier alpha value is -3.05. The third kappa shape index (κ3) is 4.13. The Balaban J connectivity index is 1.78. The third-order valence-corrected chi connectivity index (χ3v) is 4.04. The maximum absolute atomic E-state index is 12.2. The molecule has 2 aromatic heterocycles. The van der Waals surface area contributed by atoms with Crippen molar-refractivity contribution in [2.45, 2.75) is 13.5 Å². The predicted molar refractivity (Wildman–Crippen MR) is 108 cm³/mol. The summed E-state index contributed by atoms with van der Waals surface area (Å²) < 4.78 is 1.89. The van der Waals surface area contributed by atoms with Crippen LogP contribution in [0.2, 0.25) is 5.02 Å². The second-order valence-electron chi connectivity index (χ2n) is 5.72. The van der Waals surface area contributed by atoms with Crippen molar-refractivity contribution in [3.8, 4) is 0 Å². The third-order valence-electron chi connectivity index (χ3n) is 3.80. The molecule has 6 heteroatoms. The summed E-state index contributed by atoms with van der Waals surface area (Å²) in [6, 6.07) is 11.0. The molecule has 0 amide bonds. The molecule has 0 spiro atoms. The molecule has 0 saturated heterocycles. The van der Waals surface area contributed by atoms with E-state index >= 15 is 0 Å². The molecule has 3 rings (SSSR count). The number of benzene rings is 1. The van der Waals surface area contributed by atoms with Gasteiger partial charge >= 0.3 is 0 Å². The molecule has 0 aliphatic carbocycles. The van der Waals surface area contributed by atoms with Crippen LogP contribution in [0.4, 0.5) is 0 Å². The lowest BCUT2D eigenvalue weighted by Crippen LogP contribution is -2.20. The van der Waals surface area contributed by atoms with Crippen molar-refractivity contribution in [3.63, 3.8) is 0 Å². The van der Waals surface area contributed by atoms with Crippen LogP contribution in [0.5, 0.6) is 0 Å². The van der Waals surface area contributed by atoms with E-state index in [0.717, 1.165) is 16.7 Å². The standard InChI is InChI=1S/C20H19ClN4O/c1-3-6-19(25-9-4-5-10-25)23-14(2)22-13-16-11-15-12-17(21)7-8-18(15)24-20(16)26/h3-12,22H,2,13H2,1H3,(H,24,26)/b6-3-,23-19?. The number of aliphatic imine (C=N–C) groups is 1. The minimum absolute atomic E-state index is 0.150. The van der Waals surface area contributed by atoms with Crippen LogP contribution in [0, 0.1) is 0 Å². The van der Waals surface area contributed by atoms with Gasteiger partial charge in [0.15, 0.2) is 0 Å². The zero-order valence-corrected chi connectivity index (χ0v) is 15.1. The summed E-state index contributed by atoms with van der Waals surface area (Å²) in [6.45, 7) is 6.17. The summed E-state index contributed by atoms with van der Waals surface area (Å²) in [5.74, 6) is 1.20. The van der Waals surface area contributed by atoms with Gasteiger partial charge in [0.1, 0.15) is 11.7 Å². The smallest absolute Gasteiger partial charge is 0.253 e. The molecule has 0 fully saturated rings. The lowest BCUT2D eigenvalue weighted by molar-refractivity contribution is 0.794. The van der Waals surface area contributed by atoms with Gasteiger partial charge in [-0.1, -0.05) is 24.3 Å². The molecule has 5 nitrogen and oxygen atoms in total. The number of rotatable bonds is 5. The molecule has 0 unspecified atom stereocenters. The zero-order valence-electron chi connectivity index (χ0n) is 14.4. The van der Waals surface area contributed by atoms with Gasteiger partial charge in [-0.2, -0.15) is 0 Å². The van der Waals surface area contributed by atoms with Crippen LogP contribution in [-0.2, 0) is 6.54 Å². The first kappa shape index (κ1) is 17.8. The Kier molecular flexibility index (Phi) is 5.39. The zero-order chi connectivity index (χ0) is 18.5. The number of aromatic amines is 1. The van der Waals surface area contributed by atoms with Gasteiger partial charge in [-0.25, -0.2) is 4.99 Å². The van der Waals surface area contributed by atoms with Crippen molar-refractivity contribution >= 4 is 28.3 Å². The topological polar surface area (TPSA) is 62.2 Å². The van der Waals surface area contributed by atoms with E-state index < -0.39 is 0 Å². The van der Waals surface area contributed by atoms with Crippen LogP contribution in [0.25, 0.3) is 10.9 Å². The quantitative estimate of drug-likeness (QED) is 0.528. The molecule has 132 valence electrons. The molecule has 0 aliphatic heterocycles. The minimum atomic E-state index is -0.150. The molecular formula is C20H19ClN4O. The molecule has 2 N–H and O–H groups in total. The van der Waals surface area contributed by atoms with E-state index in [0.29, 0.717) is 23.0 Å². The van der Waals surface area contributed by atoms with Crippen molar-refractivity contribution in [3.05, 3.63) is 94.3 Å². The monoisotopic (exact) mass is 366 g/mol. The van der Waals surface area contributed by atoms with E-state index in [-0.39, 0.29) is 5.56 Å². The number of halogens is 1. The molecule has 26 heavy (non-hydrogen) atoms. The highest BCUT2D eigenvalue weighted by molar-refractivity contribution is 6.31. The number of aromatic nitrogens is 2. The van der Waals surface area contributed by atoms with Crippen LogP contribution in [0.1, 0.15) is 12.5 Å². The van der Waals surface area contributed by atoms with Gasteiger partial charge in [-0.3, -0.25) is 4.79 Å². The SMILES string of the molecule is C=C(N=C(/C=C\C)n1cccc1)NCc1cc2cc(Cl)ccc2[nH]c1=O. The van der Waals surface area contributed by atoms with Gasteiger partial charge in [0.05, 0.1) is 0 Å². The Bertz CT molecular complexity index is 1050. The summed E-state index contributed by atoms with van der Waals surface area (Å²) in [5.41, 5.74) is 1.19. The fraction of sp³-hybridized carbons (Fsp3) is 0.100. The highest BCUT2D eigenvalue weighted by Gasteiger charge is 2.05. The summed E-state index contributed by atoms with van der Waals surface area (Å²) in [5, 5.41) is 4.59. The number of H-pyrrole nitrogens is 1. The molecule has 0 aliphatic rings. The number of hydrogen-bond donors (Lipinski definition) is 2. The molecular weight excluding hydrogens is 348 g/mol. The minimum Gasteiger partial charge on any atom is -0.366 e. The second-order valence-corrected chi connectivity index (χ2v) is 6.15. The Morgan fingerprint density at radius 1 is 1.35 bits per heavy atom. The van der Waals surface area contributed by atoms with E-state index in [4.69, 9.17) is 11.6 Å². The number of allylic oxidation sites excluding steroid dienone is 2. The summed E-state index contributed by atoms with van der Waals surface area (Å²) >= 11 is 6.03. The van der Waals surface area contributed by atoms with Gasteiger partial charge < -0.3 is 14.9 Å². The summed E-state index contributed by atoms with van der Waals surface area (Å²) in [6.07, 6.45) is 7.61. The fourth-order valence-electron chi connectivity index (χ4n) is 2.55. The maximum atomic E-state index is 12.2. The molecule has 0 saturated carbocycles. The number of hydrogen-bond acceptors (Lipinski definition) is 3. The van der Waals surface area contributed by atoms with Gasteiger partial charge in [0.25, 0.3) is 5.56 Å². The summed E-state index contributed by atoms with van der Waals surface area (Å²) in [7, 11) is 0. The van der Waals surface area contributed by atoms with E-state index in [2.05, 4.69) is 21.9 Å². The van der Waals surface area contributed by atoms with Crippen LogP contribution in [-0.4, -0.2) is 15.4 Å². The molecule has 2 heterocycles. The average molecular weight is 367 g/mol. The van der Waals surface area contributed by atoms with Crippen LogP contribution in [0.3, 0.4) is 0 Å². The second kappa shape index (κ2) is 7.89. The number of pyridine rings is 1. The highest BCUT2D eigenvalue weighted by atomic mass is 35.5. The van der Waals surface area contributed by atoms with Crippen molar-refractivity contribution in [2.75, 3.05) is 0 Å². The van der Waals surface area contributed by atoms with E-state index in [9.17, 15) is 4.79 Å². The van der Waals surface area contributed by atoms with E-state index in [1.807, 2.05) is 60.3 Å². The molecule has 3 aromatic rings. The van der Waals surface area contributed by atoms with Crippen molar-refractivity contribution in [2.24, 2.45) is 4.99 Å². The van der Waals surface area contributed by atoms with E-state index in [1.165, 1.54) is 0 Å². The lowest BCUT2D eigenvalue weighted by Gasteiger charge is -2.09. The lowest BCUT2D eigenvalue weighted by atomic mass is 10.1.